The summed E-state index contributed by atoms with van der Waals surface area (Å²) in [5.74, 6) is 0.706. The molecule has 0 aliphatic carbocycles. The third kappa shape index (κ3) is 3.92. The van der Waals surface area contributed by atoms with Gasteiger partial charge in [0.1, 0.15) is 5.82 Å². The summed E-state index contributed by atoms with van der Waals surface area (Å²) in [4.78, 5) is 32.7. The summed E-state index contributed by atoms with van der Waals surface area (Å²) in [5.41, 5.74) is 1.87. The van der Waals surface area contributed by atoms with Gasteiger partial charge in [0, 0.05) is 35.8 Å². The van der Waals surface area contributed by atoms with E-state index in [1.54, 1.807) is 39.8 Å². The summed E-state index contributed by atoms with van der Waals surface area (Å²) in [6, 6.07) is 12.5. The minimum Gasteiger partial charge on any atom is -0.308 e. The molecule has 1 aliphatic heterocycles. The lowest BCUT2D eigenvalue weighted by atomic mass is 10.1. The molecule has 150 valence electrons. The Bertz CT molecular complexity index is 1120. The summed E-state index contributed by atoms with van der Waals surface area (Å²) in [7, 11) is 0. The van der Waals surface area contributed by atoms with Crippen LogP contribution in [-0.4, -0.2) is 22.0 Å². The minimum absolute atomic E-state index is 0.00819. The molecule has 0 unspecified atom stereocenters. The second-order valence-corrected chi connectivity index (χ2v) is 7.90. The fourth-order valence-corrected chi connectivity index (χ4v) is 4.11. The Morgan fingerprint density at radius 2 is 2.03 bits per heavy atom. The van der Waals surface area contributed by atoms with Crippen molar-refractivity contribution in [3.8, 4) is 0 Å². The molecular weight excluding hydrogens is 386 g/mol. The van der Waals surface area contributed by atoms with Gasteiger partial charge in [-0.2, -0.15) is 0 Å². The van der Waals surface area contributed by atoms with Gasteiger partial charge in [-0.05, 0) is 55.7 Å². The van der Waals surface area contributed by atoms with Crippen molar-refractivity contribution < 1.29 is 4.79 Å². The molecule has 29 heavy (non-hydrogen) atoms. The zero-order valence-corrected chi connectivity index (χ0v) is 17.3. The molecule has 1 aromatic heterocycles. The van der Waals surface area contributed by atoms with E-state index in [1.165, 1.54) is 0 Å². The molecule has 0 radical (unpaired) electrons. The molecule has 2 heterocycles. The van der Waals surface area contributed by atoms with Gasteiger partial charge >= 0.3 is 0 Å². The molecule has 0 atom stereocenters. The molecular formula is C23H24ClN3O2. The van der Waals surface area contributed by atoms with E-state index in [-0.39, 0.29) is 11.5 Å². The number of rotatable bonds is 4. The fraction of sp³-hybridized carbons (Fsp3) is 0.348. The highest BCUT2D eigenvalue weighted by molar-refractivity contribution is 6.31. The Labute approximate surface area is 174 Å². The molecule has 0 saturated carbocycles. The van der Waals surface area contributed by atoms with E-state index >= 15 is 0 Å². The van der Waals surface area contributed by atoms with Crippen molar-refractivity contribution in [2.24, 2.45) is 0 Å². The van der Waals surface area contributed by atoms with Crippen LogP contribution in [0.3, 0.4) is 0 Å². The van der Waals surface area contributed by atoms with Gasteiger partial charge in [0.05, 0.1) is 10.9 Å². The first-order chi connectivity index (χ1) is 14.1. The topological polar surface area (TPSA) is 55.2 Å². The Morgan fingerprint density at radius 1 is 1.17 bits per heavy atom. The average molecular weight is 410 g/mol. The lowest BCUT2D eigenvalue weighted by Gasteiger charge is -2.23. The molecule has 0 spiro atoms. The van der Waals surface area contributed by atoms with Gasteiger partial charge in [-0.25, -0.2) is 4.98 Å². The summed E-state index contributed by atoms with van der Waals surface area (Å²) < 4.78 is 1.80. The van der Waals surface area contributed by atoms with Crippen LogP contribution < -0.4 is 10.5 Å². The highest BCUT2D eigenvalue weighted by Gasteiger charge is 2.20. The molecule has 5 nitrogen and oxygen atoms in total. The van der Waals surface area contributed by atoms with Gasteiger partial charge in [0.2, 0.25) is 0 Å². The maximum absolute atomic E-state index is 13.3. The van der Waals surface area contributed by atoms with Crippen molar-refractivity contribution in [1.82, 2.24) is 9.55 Å². The van der Waals surface area contributed by atoms with Crippen LogP contribution in [0.5, 0.6) is 0 Å². The van der Waals surface area contributed by atoms with E-state index in [4.69, 9.17) is 16.6 Å². The van der Waals surface area contributed by atoms with E-state index in [0.29, 0.717) is 28.0 Å². The van der Waals surface area contributed by atoms with E-state index in [9.17, 15) is 9.59 Å². The number of aryl methyl sites for hydroxylation is 1. The first-order valence-corrected chi connectivity index (χ1v) is 10.6. The van der Waals surface area contributed by atoms with Gasteiger partial charge in [0.25, 0.3) is 11.5 Å². The number of anilines is 1. The highest BCUT2D eigenvalue weighted by Crippen LogP contribution is 2.23. The normalized spacial score (nSPS) is 13.7. The van der Waals surface area contributed by atoms with E-state index in [1.807, 2.05) is 19.1 Å². The van der Waals surface area contributed by atoms with Gasteiger partial charge < -0.3 is 4.90 Å². The number of benzene rings is 2. The maximum Gasteiger partial charge on any atom is 0.261 e. The van der Waals surface area contributed by atoms with Crippen molar-refractivity contribution in [3.63, 3.8) is 0 Å². The summed E-state index contributed by atoms with van der Waals surface area (Å²) >= 11 is 6.13. The fourth-order valence-electron chi connectivity index (χ4n) is 3.92. The number of halogens is 1. The molecule has 1 amide bonds. The largest absolute Gasteiger partial charge is 0.308 e. The molecule has 4 rings (SSSR count). The second kappa shape index (κ2) is 8.37. The Hall–Kier alpha value is -2.66. The quantitative estimate of drug-likeness (QED) is 0.620. The van der Waals surface area contributed by atoms with Crippen molar-refractivity contribution >= 4 is 34.1 Å². The number of aromatic nitrogens is 2. The first-order valence-electron chi connectivity index (χ1n) is 10.2. The molecule has 0 saturated heterocycles. The predicted octanol–water partition coefficient (Wildman–Crippen LogP) is 4.83. The minimum atomic E-state index is -0.118. The molecule has 1 aliphatic rings. The summed E-state index contributed by atoms with van der Waals surface area (Å²) in [6.45, 7) is 3.33. The Kier molecular flexibility index (Phi) is 5.67. The zero-order chi connectivity index (χ0) is 20.4. The van der Waals surface area contributed by atoms with Crippen molar-refractivity contribution in [2.45, 2.75) is 45.6 Å². The van der Waals surface area contributed by atoms with Gasteiger partial charge in [0.15, 0.2) is 0 Å². The van der Waals surface area contributed by atoms with Crippen molar-refractivity contribution in [2.75, 3.05) is 11.4 Å². The highest BCUT2D eigenvalue weighted by atomic mass is 35.5. The predicted molar refractivity (Wildman–Crippen MR) is 117 cm³/mol. The number of hydrogen-bond donors (Lipinski definition) is 0. The van der Waals surface area contributed by atoms with Gasteiger partial charge in [-0.3, -0.25) is 14.2 Å². The van der Waals surface area contributed by atoms with Crippen LogP contribution >= 0.6 is 11.6 Å². The lowest BCUT2D eigenvalue weighted by Crippen LogP contribution is -2.32. The maximum atomic E-state index is 13.3. The third-order valence-corrected chi connectivity index (χ3v) is 5.61. The van der Waals surface area contributed by atoms with E-state index in [2.05, 4.69) is 0 Å². The van der Waals surface area contributed by atoms with Crippen LogP contribution in [0.4, 0.5) is 5.69 Å². The van der Waals surface area contributed by atoms with Crippen LogP contribution in [0.1, 0.15) is 48.8 Å². The summed E-state index contributed by atoms with van der Waals surface area (Å²) in [6.07, 6.45) is 4.76. The number of nitrogens with zero attached hydrogens (tertiary/aromatic N) is 3. The molecule has 0 fully saturated rings. The Morgan fingerprint density at radius 3 is 2.83 bits per heavy atom. The number of carbonyl (C=O) groups is 1. The van der Waals surface area contributed by atoms with Crippen LogP contribution in [0.25, 0.3) is 10.9 Å². The smallest absolute Gasteiger partial charge is 0.261 e. The van der Waals surface area contributed by atoms with Gasteiger partial charge in [-0.15, -0.1) is 0 Å². The molecule has 3 aromatic rings. The SMILES string of the molecule is CCCN(C(=O)c1ccc2c(=O)n3c(nc2c1)CCCCC3)c1cccc(Cl)c1. The van der Waals surface area contributed by atoms with E-state index < -0.39 is 0 Å². The monoisotopic (exact) mass is 409 g/mol. The number of amides is 1. The Balaban J connectivity index is 1.76. The molecule has 2 aromatic carbocycles. The van der Waals surface area contributed by atoms with Crippen LogP contribution in [0, 0.1) is 0 Å². The first kappa shape index (κ1) is 19.6. The standard InChI is InChI=1S/C23H24ClN3O2/c1-2-12-26(18-8-6-7-17(24)15-18)22(28)16-10-11-19-20(14-16)25-21-9-4-3-5-13-27(21)23(19)29/h6-8,10-11,14-15H,2-5,9,12-13H2,1H3. The van der Waals surface area contributed by atoms with Crippen LogP contribution in [0.2, 0.25) is 5.02 Å². The average Bonchev–Trinajstić information content (AvgIpc) is 2.97. The van der Waals surface area contributed by atoms with Crippen molar-refractivity contribution in [3.05, 3.63) is 69.2 Å². The van der Waals surface area contributed by atoms with Crippen molar-refractivity contribution in [1.29, 1.82) is 0 Å². The zero-order valence-electron chi connectivity index (χ0n) is 16.5. The van der Waals surface area contributed by atoms with Crippen LogP contribution in [-0.2, 0) is 13.0 Å². The number of hydrogen-bond acceptors (Lipinski definition) is 3. The number of fused-ring (bicyclic) bond motifs is 2. The lowest BCUT2D eigenvalue weighted by molar-refractivity contribution is 0.0987. The molecule has 0 N–H and O–H groups in total. The van der Waals surface area contributed by atoms with E-state index in [0.717, 1.165) is 50.2 Å². The summed E-state index contributed by atoms with van der Waals surface area (Å²) in [5, 5.41) is 1.16. The second-order valence-electron chi connectivity index (χ2n) is 7.46. The number of carbonyl (C=O) groups excluding carboxylic acids is 1. The van der Waals surface area contributed by atoms with Gasteiger partial charge in [-0.1, -0.05) is 31.0 Å². The molecule has 6 heteroatoms. The third-order valence-electron chi connectivity index (χ3n) is 5.38. The molecule has 0 bridgehead atoms. The van der Waals surface area contributed by atoms with Crippen LogP contribution in [0.15, 0.2) is 47.3 Å².